The summed E-state index contributed by atoms with van der Waals surface area (Å²) in [4.78, 5) is 19.7. The molecule has 0 saturated heterocycles. The van der Waals surface area contributed by atoms with Crippen molar-refractivity contribution in [1.82, 2.24) is 19.7 Å². The number of carbonyl (C=O) groups excluding carboxylic acids is 1. The standard InChI is InChI=1S/C25H22N4O4/c1-17(30)25-26-11-12-29(25)16-22-13-23(33-28-22)20-8-5-18(6-9-20)3-4-19-7-10-21(27-15-19)14-24(31)32-2/h5-13,15,17,30H,14,16H2,1-2H3/t17-/m0/s1. The highest BCUT2D eigenvalue weighted by molar-refractivity contribution is 5.71. The van der Waals surface area contributed by atoms with Gasteiger partial charge in [0.05, 0.1) is 25.8 Å². The van der Waals surface area contributed by atoms with Crippen molar-refractivity contribution in [2.45, 2.75) is 26.0 Å². The predicted molar refractivity (Wildman–Crippen MR) is 120 cm³/mol. The number of aliphatic hydroxyl groups is 1. The second-order valence-electron chi connectivity index (χ2n) is 7.39. The largest absolute Gasteiger partial charge is 0.469 e. The summed E-state index contributed by atoms with van der Waals surface area (Å²) in [6.45, 7) is 2.13. The van der Waals surface area contributed by atoms with Crippen LogP contribution in [0.3, 0.4) is 0 Å². The molecule has 4 aromatic rings. The molecule has 0 fully saturated rings. The van der Waals surface area contributed by atoms with Gasteiger partial charge in [-0.3, -0.25) is 9.78 Å². The van der Waals surface area contributed by atoms with E-state index in [2.05, 4.69) is 31.7 Å². The number of aromatic nitrogens is 4. The van der Waals surface area contributed by atoms with Crippen molar-refractivity contribution >= 4 is 5.97 Å². The number of pyridine rings is 1. The molecule has 1 aromatic carbocycles. The summed E-state index contributed by atoms with van der Waals surface area (Å²) in [5.74, 6) is 7.06. The van der Waals surface area contributed by atoms with E-state index in [9.17, 15) is 9.90 Å². The predicted octanol–water partition coefficient (Wildman–Crippen LogP) is 3.15. The van der Waals surface area contributed by atoms with Crippen LogP contribution in [0.25, 0.3) is 11.3 Å². The number of esters is 1. The second kappa shape index (κ2) is 9.94. The van der Waals surface area contributed by atoms with Crippen LogP contribution in [0.1, 0.15) is 41.4 Å². The van der Waals surface area contributed by atoms with Gasteiger partial charge in [0.15, 0.2) is 5.76 Å². The van der Waals surface area contributed by atoms with Crippen LogP contribution >= 0.6 is 0 Å². The maximum atomic E-state index is 11.3. The van der Waals surface area contributed by atoms with E-state index < -0.39 is 6.10 Å². The first kappa shape index (κ1) is 22.0. The van der Waals surface area contributed by atoms with Gasteiger partial charge in [-0.2, -0.15) is 0 Å². The number of methoxy groups -OCH3 is 1. The second-order valence-corrected chi connectivity index (χ2v) is 7.39. The van der Waals surface area contributed by atoms with Gasteiger partial charge in [0.1, 0.15) is 17.6 Å². The zero-order valence-corrected chi connectivity index (χ0v) is 18.2. The van der Waals surface area contributed by atoms with Crippen LogP contribution in [0.2, 0.25) is 0 Å². The van der Waals surface area contributed by atoms with E-state index >= 15 is 0 Å². The fourth-order valence-corrected chi connectivity index (χ4v) is 3.20. The van der Waals surface area contributed by atoms with Crippen molar-refractivity contribution in [2.75, 3.05) is 7.11 Å². The summed E-state index contributed by atoms with van der Waals surface area (Å²) in [6, 6.07) is 13.1. The molecule has 0 amide bonds. The zero-order valence-electron chi connectivity index (χ0n) is 18.2. The lowest BCUT2D eigenvalue weighted by Gasteiger charge is -2.07. The van der Waals surface area contributed by atoms with E-state index in [4.69, 9.17) is 4.52 Å². The zero-order chi connectivity index (χ0) is 23.2. The summed E-state index contributed by atoms with van der Waals surface area (Å²) in [7, 11) is 1.35. The highest BCUT2D eigenvalue weighted by Crippen LogP contribution is 2.22. The topological polar surface area (TPSA) is 103 Å². The minimum absolute atomic E-state index is 0.138. The van der Waals surface area contributed by atoms with E-state index in [1.54, 1.807) is 31.6 Å². The Labute approximate surface area is 190 Å². The number of imidazole rings is 1. The van der Waals surface area contributed by atoms with Crippen molar-refractivity contribution in [1.29, 1.82) is 0 Å². The molecule has 0 unspecified atom stereocenters. The minimum atomic E-state index is -0.659. The summed E-state index contributed by atoms with van der Waals surface area (Å²) in [6.07, 6.45) is 4.56. The molecule has 33 heavy (non-hydrogen) atoms. The van der Waals surface area contributed by atoms with Crippen LogP contribution in [0, 0.1) is 11.8 Å². The Balaban J connectivity index is 1.41. The molecule has 1 N–H and O–H groups in total. The lowest BCUT2D eigenvalue weighted by atomic mass is 10.1. The molecule has 1 atom stereocenters. The normalized spacial score (nSPS) is 11.5. The number of carbonyl (C=O) groups is 1. The molecule has 0 spiro atoms. The van der Waals surface area contributed by atoms with E-state index in [1.807, 2.05) is 41.0 Å². The monoisotopic (exact) mass is 442 g/mol. The molecule has 0 bridgehead atoms. The van der Waals surface area contributed by atoms with Crippen molar-refractivity contribution in [3.05, 3.63) is 89.4 Å². The third-order valence-electron chi connectivity index (χ3n) is 4.91. The fourth-order valence-electron chi connectivity index (χ4n) is 3.20. The maximum absolute atomic E-state index is 11.3. The smallest absolute Gasteiger partial charge is 0.311 e. The molecule has 3 heterocycles. The summed E-state index contributed by atoms with van der Waals surface area (Å²) >= 11 is 0. The number of nitrogens with zero attached hydrogens (tertiary/aromatic N) is 4. The van der Waals surface area contributed by atoms with Gasteiger partial charge in [0, 0.05) is 41.3 Å². The van der Waals surface area contributed by atoms with Gasteiger partial charge in [-0.05, 0) is 43.3 Å². The van der Waals surface area contributed by atoms with E-state index in [0.717, 1.165) is 22.4 Å². The molecular weight excluding hydrogens is 420 g/mol. The molecular formula is C25H22N4O4. The first-order chi connectivity index (χ1) is 16.0. The molecule has 0 aliphatic rings. The number of rotatable bonds is 6. The molecule has 3 aromatic heterocycles. The maximum Gasteiger partial charge on any atom is 0.311 e. The highest BCUT2D eigenvalue weighted by Gasteiger charge is 2.12. The summed E-state index contributed by atoms with van der Waals surface area (Å²) in [5.41, 5.74) is 3.85. The molecule has 0 saturated carbocycles. The Morgan fingerprint density at radius 2 is 1.88 bits per heavy atom. The fraction of sp³-hybridized carbons (Fsp3) is 0.200. The van der Waals surface area contributed by atoms with E-state index in [1.165, 1.54) is 7.11 Å². The Bertz CT molecular complexity index is 1290. The van der Waals surface area contributed by atoms with E-state index in [-0.39, 0.29) is 12.4 Å². The first-order valence-electron chi connectivity index (χ1n) is 10.3. The minimum Gasteiger partial charge on any atom is -0.469 e. The summed E-state index contributed by atoms with van der Waals surface area (Å²) < 4.78 is 12.0. The summed E-state index contributed by atoms with van der Waals surface area (Å²) in [5, 5.41) is 13.9. The van der Waals surface area contributed by atoms with Crippen LogP contribution < -0.4 is 0 Å². The van der Waals surface area contributed by atoms with Crippen LogP contribution in [-0.2, 0) is 22.5 Å². The van der Waals surface area contributed by atoms with E-state index in [0.29, 0.717) is 23.8 Å². The third kappa shape index (κ3) is 5.53. The van der Waals surface area contributed by atoms with Gasteiger partial charge in [0.2, 0.25) is 0 Å². The average Bonchev–Trinajstić information content (AvgIpc) is 3.49. The number of benzene rings is 1. The van der Waals surface area contributed by atoms with Gasteiger partial charge >= 0.3 is 5.97 Å². The Morgan fingerprint density at radius 1 is 1.12 bits per heavy atom. The molecule has 0 radical (unpaired) electrons. The van der Waals surface area contributed by atoms with Crippen molar-refractivity contribution < 1.29 is 19.2 Å². The lowest BCUT2D eigenvalue weighted by molar-refractivity contribution is -0.139. The number of hydrogen-bond donors (Lipinski definition) is 1. The molecule has 8 heteroatoms. The number of aliphatic hydroxyl groups excluding tert-OH is 1. The third-order valence-corrected chi connectivity index (χ3v) is 4.91. The van der Waals surface area contributed by atoms with Gasteiger partial charge in [-0.25, -0.2) is 4.98 Å². The SMILES string of the molecule is COC(=O)Cc1ccc(C#Cc2ccc(-c3cc(Cn4ccnc4[C@H](C)O)no3)cc2)cn1. The van der Waals surface area contributed by atoms with Crippen molar-refractivity contribution in [3.8, 4) is 23.2 Å². The average molecular weight is 442 g/mol. The number of ether oxygens (including phenoxy) is 1. The Hall–Kier alpha value is -4.22. The van der Waals surface area contributed by atoms with Crippen LogP contribution in [0.15, 0.2) is 65.6 Å². The highest BCUT2D eigenvalue weighted by atomic mass is 16.5. The Morgan fingerprint density at radius 3 is 2.58 bits per heavy atom. The van der Waals surface area contributed by atoms with Crippen LogP contribution in [0.4, 0.5) is 0 Å². The van der Waals surface area contributed by atoms with Crippen molar-refractivity contribution in [3.63, 3.8) is 0 Å². The van der Waals surface area contributed by atoms with Gasteiger partial charge in [0.25, 0.3) is 0 Å². The molecule has 8 nitrogen and oxygen atoms in total. The molecule has 0 aliphatic carbocycles. The first-order valence-corrected chi connectivity index (χ1v) is 10.3. The van der Waals surface area contributed by atoms with Crippen LogP contribution in [0.5, 0.6) is 0 Å². The van der Waals surface area contributed by atoms with Crippen LogP contribution in [-0.4, -0.2) is 37.9 Å². The van der Waals surface area contributed by atoms with Gasteiger partial charge in [-0.1, -0.05) is 17.0 Å². The van der Waals surface area contributed by atoms with Gasteiger partial charge < -0.3 is 18.9 Å². The molecule has 166 valence electrons. The quantitative estimate of drug-likeness (QED) is 0.361. The van der Waals surface area contributed by atoms with Crippen molar-refractivity contribution in [2.24, 2.45) is 0 Å². The van der Waals surface area contributed by atoms with Gasteiger partial charge in [-0.15, -0.1) is 0 Å². The lowest BCUT2D eigenvalue weighted by Crippen LogP contribution is -2.07. The number of hydrogen-bond acceptors (Lipinski definition) is 7. The Kier molecular flexibility index (Phi) is 6.62. The molecule has 0 aliphatic heterocycles. The molecule has 4 rings (SSSR count).